The molecule has 182 valence electrons. The number of hydrogen-bond donors (Lipinski definition) is 4. The summed E-state index contributed by atoms with van der Waals surface area (Å²) in [6, 6.07) is 22.1. The Labute approximate surface area is 206 Å². The second-order valence-electron chi connectivity index (χ2n) is 8.26. The monoisotopic (exact) mass is 484 g/mol. The molecule has 9 heteroatoms. The van der Waals surface area contributed by atoms with E-state index in [2.05, 4.69) is 9.98 Å². The number of benzene rings is 3. The maximum absolute atomic E-state index is 12.9. The Morgan fingerprint density at radius 1 is 0.944 bits per heavy atom. The van der Waals surface area contributed by atoms with Crippen LogP contribution in [0.5, 0.6) is 5.75 Å². The van der Waals surface area contributed by atoms with Gasteiger partial charge in [0, 0.05) is 23.4 Å². The number of carbonyl (C=O) groups excluding carboxylic acids is 2. The van der Waals surface area contributed by atoms with Gasteiger partial charge in [-0.2, -0.15) is 0 Å². The first-order valence-electron chi connectivity index (χ1n) is 11.1. The highest BCUT2D eigenvalue weighted by molar-refractivity contribution is 6.01. The fourth-order valence-corrected chi connectivity index (χ4v) is 3.79. The highest BCUT2D eigenvalue weighted by Crippen LogP contribution is 2.24. The standard InChI is InChI=1S/C27H24N4O5/c28-27(29)30-20-9-6-17(7-10-20)26(35)36-21-11-8-18-13-23(31-22(18)15-21)24(32)14-19(25(33)34)12-16-4-2-1-3-5-16/h1-11,13,15,19,31H,12,14H2,(H,33,34)(H4,28,29,30)/t19-/m1/s1. The van der Waals surface area contributed by atoms with Crippen molar-refractivity contribution in [3.8, 4) is 5.75 Å². The molecule has 6 N–H and O–H groups in total. The minimum Gasteiger partial charge on any atom is -0.481 e. The van der Waals surface area contributed by atoms with E-state index in [4.69, 9.17) is 16.2 Å². The van der Waals surface area contributed by atoms with Crippen LogP contribution in [0.1, 0.15) is 32.8 Å². The molecule has 4 rings (SSSR count). The van der Waals surface area contributed by atoms with Gasteiger partial charge in [0.2, 0.25) is 0 Å². The van der Waals surface area contributed by atoms with Crippen LogP contribution in [0, 0.1) is 5.92 Å². The molecular formula is C27H24N4O5. The van der Waals surface area contributed by atoms with Gasteiger partial charge < -0.3 is 26.3 Å². The number of carboxylic acid groups (broad SMARTS) is 1. The predicted molar refractivity (Wildman–Crippen MR) is 135 cm³/mol. The van der Waals surface area contributed by atoms with Gasteiger partial charge in [-0.25, -0.2) is 9.79 Å². The molecule has 9 nitrogen and oxygen atoms in total. The van der Waals surface area contributed by atoms with E-state index in [0.717, 1.165) is 10.9 Å². The predicted octanol–water partition coefficient (Wildman–Crippen LogP) is 3.81. The summed E-state index contributed by atoms with van der Waals surface area (Å²) in [7, 11) is 0. The molecule has 0 radical (unpaired) electrons. The molecule has 0 aliphatic carbocycles. The number of aromatic nitrogens is 1. The molecule has 0 amide bonds. The second kappa shape index (κ2) is 10.6. The van der Waals surface area contributed by atoms with Gasteiger partial charge in [-0.1, -0.05) is 30.3 Å². The fourth-order valence-electron chi connectivity index (χ4n) is 3.79. The van der Waals surface area contributed by atoms with E-state index in [0.29, 0.717) is 22.5 Å². The Hall–Kier alpha value is -4.92. The van der Waals surface area contributed by atoms with Gasteiger partial charge in [0.1, 0.15) is 5.75 Å². The van der Waals surface area contributed by atoms with Gasteiger partial charge in [0.15, 0.2) is 11.7 Å². The molecule has 1 heterocycles. The lowest BCUT2D eigenvalue weighted by molar-refractivity contribution is -0.141. The number of aromatic amines is 1. The van der Waals surface area contributed by atoms with Crippen LogP contribution in [-0.2, 0) is 11.2 Å². The third kappa shape index (κ3) is 5.95. The van der Waals surface area contributed by atoms with Gasteiger partial charge >= 0.3 is 11.9 Å². The smallest absolute Gasteiger partial charge is 0.343 e. The quantitative estimate of drug-likeness (QED) is 0.0923. The minimum absolute atomic E-state index is 0.0860. The number of carboxylic acids is 1. The molecule has 1 aromatic heterocycles. The number of guanidine groups is 1. The number of ether oxygens (including phenoxy) is 1. The molecule has 4 aromatic rings. The number of rotatable bonds is 9. The van der Waals surface area contributed by atoms with Crippen LogP contribution in [0.4, 0.5) is 5.69 Å². The summed E-state index contributed by atoms with van der Waals surface area (Å²) < 4.78 is 5.45. The van der Waals surface area contributed by atoms with E-state index in [1.54, 1.807) is 48.5 Å². The van der Waals surface area contributed by atoms with Crippen molar-refractivity contribution in [2.45, 2.75) is 12.8 Å². The lowest BCUT2D eigenvalue weighted by Crippen LogP contribution is -2.21. The van der Waals surface area contributed by atoms with E-state index in [1.165, 1.54) is 0 Å². The summed E-state index contributed by atoms with van der Waals surface area (Å²) in [5, 5.41) is 10.3. The van der Waals surface area contributed by atoms with Crippen LogP contribution < -0.4 is 16.2 Å². The highest BCUT2D eigenvalue weighted by atomic mass is 16.5. The van der Waals surface area contributed by atoms with Crippen molar-refractivity contribution in [1.29, 1.82) is 0 Å². The number of esters is 1. The minimum atomic E-state index is -1.02. The summed E-state index contributed by atoms with van der Waals surface area (Å²) in [5.74, 6) is -2.55. The number of nitrogens with two attached hydrogens (primary N) is 2. The van der Waals surface area contributed by atoms with Crippen LogP contribution in [0.2, 0.25) is 0 Å². The molecule has 3 aromatic carbocycles. The number of nitrogens with zero attached hydrogens (tertiary/aromatic N) is 1. The summed E-state index contributed by atoms with van der Waals surface area (Å²) in [6.45, 7) is 0. The molecule has 36 heavy (non-hydrogen) atoms. The zero-order valence-corrected chi connectivity index (χ0v) is 19.2. The molecule has 0 spiro atoms. The number of aliphatic imine (C=N–C) groups is 1. The molecule has 0 saturated carbocycles. The van der Waals surface area contributed by atoms with Crippen LogP contribution in [0.25, 0.3) is 10.9 Å². The number of H-pyrrole nitrogens is 1. The normalized spacial score (nSPS) is 11.6. The van der Waals surface area contributed by atoms with E-state index < -0.39 is 17.9 Å². The molecule has 0 aliphatic rings. The van der Waals surface area contributed by atoms with E-state index in [9.17, 15) is 19.5 Å². The Kier molecular flexibility index (Phi) is 7.10. The SMILES string of the molecule is NC(N)=Nc1ccc(C(=O)Oc2ccc3cc(C(=O)C[C@@H](Cc4ccccc4)C(=O)O)[nH]c3c2)cc1. The molecule has 0 fully saturated rings. The topological polar surface area (TPSA) is 161 Å². The molecule has 0 bridgehead atoms. The average molecular weight is 485 g/mol. The van der Waals surface area contributed by atoms with Crippen LogP contribution in [0.3, 0.4) is 0 Å². The summed E-state index contributed by atoms with van der Waals surface area (Å²) >= 11 is 0. The van der Waals surface area contributed by atoms with Crippen molar-refractivity contribution < 1.29 is 24.2 Å². The lowest BCUT2D eigenvalue weighted by atomic mass is 9.93. The first-order chi connectivity index (χ1) is 17.3. The first kappa shape index (κ1) is 24.2. The Balaban J connectivity index is 1.45. The van der Waals surface area contributed by atoms with Crippen LogP contribution >= 0.6 is 0 Å². The van der Waals surface area contributed by atoms with Crippen molar-refractivity contribution >= 4 is 40.3 Å². The number of aliphatic carboxylic acids is 1. The maximum atomic E-state index is 12.9. The number of Topliss-reactive ketones (excluding diaryl/α,β-unsaturated/α-hetero) is 1. The summed E-state index contributed by atoms with van der Waals surface area (Å²) in [5.41, 5.74) is 13.2. The second-order valence-corrected chi connectivity index (χ2v) is 8.26. The van der Waals surface area contributed by atoms with Crippen molar-refractivity contribution in [2.24, 2.45) is 22.4 Å². The molecular weight excluding hydrogens is 460 g/mol. The van der Waals surface area contributed by atoms with Gasteiger partial charge in [-0.3, -0.25) is 9.59 Å². The van der Waals surface area contributed by atoms with Gasteiger partial charge in [-0.15, -0.1) is 0 Å². The maximum Gasteiger partial charge on any atom is 0.343 e. The summed E-state index contributed by atoms with van der Waals surface area (Å²) in [6.07, 6.45) is 0.115. The largest absolute Gasteiger partial charge is 0.481 e. The van der Waals surface area contributed by atoms with Gasteiger partial charge in [0.05, 0.1) is 22.9 Å². The molecule has 1 atom stereocenters. The third-order valence-corrected chi connectivity index (χ3v) is 5.57. The zero-order valence-electron chi connectivity index (χ0n) is 19.2. The summed E-state index contributed by atoms with van der Waals surface area (Å²) in [4.78, 5) is 44.0. The van der Waals surface area contributed by atoms with Gasteiger partial charge in [-0.05, 0) is 54.4 Å². The number of nitrogens with one attached hydrogen (secondary N) is 1. The van der Waals surface area contributed by atoms with E-state index >= 15 is 0 Å². The van der Waals surface area contributed by atoms with Crippen molar-refractivity contribution in [3.63, 3.8) is 0 Å². The van der Waals surface area contributed by atoms with E-state index in [1.807, 2.05) is 30.3 Å². The number of hydrogen-bond acceptors (Lipinski definition) is 5. The zero-order chi connectivity index (χ0) is 25.7. The molecule has 0 aliphatic heterocycles. The van der Waals surface area contributed by atoms with Crippen LogP contribution in [0.15, 0.2) is 83.9 Å². The fraction of sp³-hybridized carbons (Fsp3) is 0.111. The number of fused-ring (bicyclic) bond motifs is 1. The van der Waals surface area contributed by atoms with Crippen molar-refractivity contribution in [3.05, 3.63) is 95.7 Å². The Morgan fingerprint density at radius 2 is 1.67 bits per heavy atom. The first-order valence-corrected chi connectivity index (χ1v) is 11.1. The van der Waals surface area contributed by atoms with Crippen molar-refractivity contribution in [2.75, 3.05) is 0 Å². The van der Waals surface area contributed by atoms with Crippen molar-refractivity contribution in [1.82, 2.24) is 4.98 Å². The Morgan fingerprint density at radius 3 is 2.33 bits per heavy atom. The van der Waals surface area contributed by atoms with Gasteiger partial charge in [0.25, 0.3) is 0 Å². The third-order valence-electron chi connectivity index (χ3n) is 5.57. The highest BCUT2D eigenvalue weighted by Gasteiger charge is 2.23. The number of ketones is 1. The Bertz CT molecular complexity index is 1440. The van der Waals surface area contributed by atoms with E-state index in [-0.39, 0.29) is 30.3 Å². The molecule has 0 saturated heterocycles. The lowest BCUT2D eigenvalue weighted by Gasteiger charge is -2.11. The molecule has 0 unspecified atom stereocenters. The average Bonchev–Trinajstić information content (AvgIpc) is 3.28. The number of carbonyl (C=O) groups is 3. The van der Waals surface area contributed by atoms with Crippen LogP contribution in [-0.4, -0.2) is 33.8 Å².